The minimum Gasteiger partial charge on any atom is -0.508 e. The number of aromatic hydroxyl groups is 1. The van der Waals surface area contributed by atoms with Crippen molar-refractivity contribution in [2.45, 2.75) is 149 Å². The third kappa shape index (κ3) is 19.4. The lowest BCUT2D eigenvalue weighted by Crippen LogP contribution is -2.60. The van der Waals surface area contributed by atoms with Gasteiger partial charge in [0, 0.05) is 25.8 Å². The largest absolute Gasteiger partial charge is 0.508 e. The van der Waals surface area contributed by atoms with Crippen LogP contribution in [0.4, 0.5) is 0 Å². The highest BCUT2D eigenvalue weighted by Gasteiger charge is 2.40. The zero-order valence-electron chi connectivity index (χ0n) is 45.0. The fourth-order valence-corrected chi connectivity index (χ4v) is 8.91. The molecule has 414 valence electrons. The standard InChI is InChI=1S/C56H79N9O11/c1-32(2)26-40(57)49(68)60-41(27-33(3)4)51(70)61-42(28-36-16-11-9-12-17-36)50(69)58-31-46(67)59-44(30-37-18-13-10-14-19-37)55(74)65-25-15-20-45(65)53(72)63-47(34(5)6)54(73)62-43(29-38-21-23-39(66)24-22-38)52(71)64-48(35(7)8)56(75)76/h9-14,16-19,21-24,32-35,40-45,47-48,66H,15,20,25-31,57H2,1-8H3,(H,58,69)(H,59,67)(H,60,68)(H,61,70)(H,62,73)(H,63,72)(H,64,71)(H,75,76)/t40-,41-,42-,43-,44-,45-,47-,48-/m0/s1. The van der Waals surface area contributed by atoms with E-state index in [4.69, 9.17) is 5.73 Å². The molecule has 0 saturated carbocycles. The summed E-state index contributed by atoms with van der Waals surface area (Å²) in [5.41, 5.74) is 8.09. The molecule has 1 heterocycles. The van der Waals surface area contributed by atoms with E-state index in [1.165, 1.54) is 17.0 Å². The Morgan fingerprint density at radius 2 is 1.04 bits per heavy atom. The Hall–Kier alpha value is -7.35. The molecule has 20 nitrogen and oxygen atoms in total. The smallest absolute Gasteiger partial charge is 0.326 e. The molecule has 0 bridgehead atoms. The van der Waals surface area contributed by atoms with Gasteiger partial charge in [-0.1, -0.05) is 128 Å². The third-order valence-electron chi connectivity index (χ3n) is 13.0. The van der Waals surface area contributed by atoms with Gasteiger partial charge in [0.25, 0.3) is 0 Å². The number of rotatable bonds is 28. The summed E-state index contributed by atoms with van der Waals surface area (Å²) in [5.74, 6) is -7.46. The maximum Gasteiger partial charge on any atom is 0.326 e. The molecule has 3 aromatic carbocycles. The molecule has 0 radical (unpaired) electrons. The minimum absolute atomic E-state index is 0.0156. The number of likely N-dealkylation sites (tertiary alicyclic amines) is 1. The number of carbonyl (C=O) groups excluding carboxylic acids is 8. The van der Waals surface area contributed by atoms with E-state index in [-0.39, 0.29) is 56.2 Å². The first kappa shape index (κ1) is 61.2. The van der Waals surface area contributed by atoms with Crippen LogP contribution < -0.4 is 43.0 Å². The second-order valence-corrected chi connectivity index (χ2v) is 21.1. The summed E-state index contributed by atoms with van der Waals surface area (Å²) in [4.78, 5) is 125. The zero-order chi connectivity index (χ0) is 56.2. The summed E-state index contributed by atoms with van der Waals surface area (Å²) >= 11 is 0. The molecule has 1 fully saturated rings. The van der Waals surface area contributed by atoms with E-state index in [9.17, 15) is 53.4 Å². The zero-order valence-corrected chi connectivity index (χ0v) is 45.0. The van der Waals surface area contributed by atoms with Gasteiger partial charge in [-0.05, 0) is 78.2 Å². The Balaban J connectivity index is 1.51. The lowest BCUT2D eigenvalue weighted by atomic mass is 9.99. The SMILES string of the molecule is CC(C)C[C@H](NC(=O)[C@@H](N)CC(C)C)C(=O)N[C@@H](Cc1ccccc1)C(=O)NCC(=O)N[C@@H](Cc1ccccc1)C(=O)N1CCC[C@H]1C(=O)N[C@H](C(=O)N[C@@H](Cc1ccc(O)cc1)C(=O)N[C@H](C(=O)O)C(C)C)C(C)C. The molecule has 8 amide bonds. The summed E-state index contributed by atoms with van der Waals surface area (Å²) in [5, 5.41) is 38.5. The number of nitrogens with two attached hydrogens (primary N) is 1. The normalized spacial score (nSPS) is 16.1. The molecule has 1 saturated heterocycles. The van der Waals surface area contributed by atoms with Crippen molar-refractivity contribution >= 4 is 53.2 Å². The summed E-state index contributed by atoms with van der Waals surface area (Å²) in [7, 11) is 0. The molecule has 76 heavy (non-hydrogen) atoms. The van der Waals surface area contributed by atoms with Crippen molar-refractivity contribution in [1.82, 2.24) is 42.1 Å². The molecule has 0 aliphatic carbocycles. The average Bonchev–Trinajstić information content (AvgIpc) is 3.86. The summed E-state index contributed by atoms with van der Waals surface area (Å²) < 4.78 is 0. The van der Waals surface area contributed by atoms with Gasteiger partial charge in [0.05, 0.1) is 12.6 Å². The topological polar surface area (TPSA) is 308 Å². The van der Waals surface area contributed by atoms with Gasteiger partial charge in [-0.2, -0.15) is 0 Å². The number of phenols is 1. The van der Waals surface area contributed by atoms with E-state index in [2.05, 4.69) is 37.2 Å². The molecule has 1 aliphatic heterocycles. The van der Waals surface area contributed by atoms with Crippen LogP contribution in [-0.4, -0.2) is 130 Å². The Kier molecular flexibility index (Phi) is 23.9. The van der Waals surface area contributed by atoms with Crippen molar-refractivity contribution in [2.75, 3.05) is 13.1 Å². The van der Waals surface area contributed by atoms with Gasteiger partial charge in [0.1, 0.15) is 48.0 Å². The molecule has 4 rings (SSSR count). The van der Waals surface area contributed by atoms with Crippen LogP contribution in [0.2, 0.25) is 0 Å². The van der Waals surface area contributed by atoms with Crippen molar-refractivity contribution in [3.8, 4) is 5.75 Å². The molecule has 3 aromatic rings. The Labute approximate surface area is 445 Å². The van der Waals surface area contributed by atoms with E-state index >= 15 is 0 Å². The molecular weight excluding hydrogens is 975 g/mol. The molecular formula is C56H79N9O11. The second kappa shape index (κ2) is 29.7. The summed E-state index contributed by atoms with van der Waals surface area (Å²) in [6.45, 7) is 13.8. The molecule has 0 aromatic heterocycles. The van der Waals surface area contributed by atoms with Gasteiger partial charge in [0.2, 0.25) is 47.3 Å². The average molecular weight is 1050 g/mol. The number of carboxylic acids is 1. The van der Waals surface area contributed by atoms with Gasteiger partial charge in [-0.25, -0.2) is 4.79 Å². The molecule has 11 N–H and O–H groups in total. The van der Waals surface area contributed by atoms with Gasteiger partial charge < -0.3 is 58.1 Å². The quantitative estimate of drug-likeness (QED) is 0.0501. The minimum atomic E-state index is -1.29. The number of nitrogens with zero attached hydrogens (tertiary/aromatic N) is 1. The predicted molar refractivity (Wildman–Crippen MR) is 286 cm³/mol. The number of carboxylic acid groups (broad SMARTS) is 1. The van der Waals surface area contributed by atoms with Crippen LogP contribution in [0.15, 0.2) is 84.9 Å². The van der Waals surface area contributed by atoms with Crippen LogP contribution in [0.1, 0.15) is 97.8 Å². The van der Waals surface area contributed by atoms with Crippen LogP contribution in [0, 0.1) is 23.7 Å². The van der Waals surface area contributed by atoms with Crippen LogP contribution >= 0.6 is 0 Å². The van der Waals surface area contributed by atoms with E-state index in [0.29, 0.717) is 29.5 Å². The van der Waals surface area contributed by atoms with Gasteiger partial charge in [0.15, 0.2) is 0 Å². The number of carbonyl (C=O) groups is 9. The van der Waals surface area contributed by atoms with E-state index in [1.807, 2.05) is 27.7 Å². The first-order chi connectivity index (χ1) is 35.9. The first-order valence-electron chi connectivity index (χ1n) is 26.2. The second-order valence-electron chi connectivity index (χ2n) is 21.1. The Bertz CT molecular complexity index is 2440. The lowest BCUT2D eigenvalue weighted by Gasteiger charge is -2.31. The monoisotopic (exact) mass is 1050 g/mol. The van der Waals surface area contributed by atoms with Crippen molar-refractivity contribution in [2.24, 2.45) is 29.4 Å². The van der Waals surface area contributed by atoms with Crippen LogP contribution in [-0.2, 0) is 62.4 Å². The molecule has 1 aliphatic rings. The fourth-order valence-electron chi connectivity index (χ4n) is 8.91. The number of benzene rings is 3. The molecule has 20 heteroatoms. The van der Waals surface area contributed by atoms with Crippen molar-refractivity contribution in [3.05, 3.63) is 102 Å². The van der Waals surface area contributed by atoms with Crippen LogP contribution in [0.25, 0.3) is 0 Å². The Morgan fingerprint density at radius 1 is 0.553 bits per heavy atom. The number of amides is 8. The number of nitrogens with one attached hydrogen (secondary N) is 7. The molecule has 0 unspecified atom stereocenters. The van der Waals surface area contributed by atoms with Crippen LogP contribution in [0.5, 0.6) is 5.75 Å². The number of aliphatic carboxylic acids is 1. The highest BCUT2D eigenvalue weighted by Crippen LogP contribution is 2.21. The third-order valence-corrected chi connectivity index (χ3v) is 13.0. The number of hydrogen-bond acceptors (Lipinski definition) is 11. The van der Waals surface area contributed by atoms with E-state index in [0.717, 1.165) is 0 Å². The highest BCUT2D eigenvalue weighted by atomic mass is 16.4. The highest BCUT2D eigenvalue weighted by molar-refractivity contribution is 5.98. The number of hydrogen-bond donors (Lipinski definition) is 10. The number of phenolic OH excluding ortho intramolecular Hbond substituents is 1. The lowest BCUT2D eigenvalue weighted by molar-refractivity contribution is -0.143. The summed E-state index contributed by atoms with van der Waals surface area (Å²) in [6, 6.07) is 14.7. The van der Waals surface area contributed by atoms with E-state index in [1.54, 1.807) is 100 Å². The molecule has 8 atom stereocenters. The van der Waals surface area contributed by atoms with Gasteiger partial charge in [-0.3, -0.25) is 38.4 Å². The van der Waals surface area contributed by atoms with Crippen LogP contribution in [0.3, 0.4) is 0 Å². The first-order valence-corrected chi connectivity index (χ1v) is 26.2. The van der Waals surface area contributed by atoms with Gasteiger partial charge >= 0.3 is 5.97 Å². The Morgan fingerprint density at radius 3 is 1.57 bits per heavy atom. The maximum atomic E-state index is 14.6. The maximum absolute atomic E-state index is 14.6. The summed E-state index contributed by atoms with van der Waals surface area (Å²) in [6.07, 6.45) is 1.29. The van der Waals surface area contributed by atoms with E-state index < -0.39 is 120 Å². The van der Waals surface area contributed by atoms with Crippen molar-refractivity contribution in [1.29, 1.82) is 0 Å². The predicted octanol–water partition coefficient (Wildman–Crippen LogP) is 2.25. The molecule has 0 spiro atoms. The van der Waals surface area contributed by atoms with Crippen molar-refractivity contribution in [3.63, 3.8) is 0 Å². The van der Waals surface area contributed by atoms with Gasteiger partial charge in [-0.15, -0.1) is 0 Å². The van der Waals surface area contributed by atoms with Crippen molar-refractivity contribution < 1.29 is 53.4 Å². The fraction of sp³-hybridized carbons (Fsp3) is 0.518.